The predicted molar refractivity (Wildman–Crippen MR) is 85.4 cm³/mol. The van der Waals surface area contributed by atoms with Crippen LogP contribution < -0.4 is 14.8 Å². The summed E-state index contributed by atoms with van der Waals surface area (Å²) in [5.74, 6) is 1.13. The zero-order valence-electron chi connectivity index (χ0n) is 12.3. The van der Waals surface area contributed by atoms with E-state index in [4.69, 9.17) is 9.47 Å². The van der Waals surface area contributed by atoms with Gasteiger partial charge in [0.2, 0.25) is 0 Å². The molecule has 2 aromatic rings. The van der Waals surface area contributed by atoms with Gasteiger partial charge in [-0.3, -0.25) is 4.79 Å². The van der Waals surface area contributed by atoms with Crippen molar-refractivity contribution in [3.63, 3.8) is 0 Å². The van der Waals surface area contributed by atoms with Crippen molar-refractivity contribution in [1.82, 2.24) is 5.32 Å². The van der Waals surface area contributed by atoms with Crippen LogP contribution in [0.5, 0.6) is 11.5 Å². The second-order valence-electron chi connectivity index (χ2n) is 4.68. The van der Waals surface area contributed by atoms with Crippen molar-refractivity contribution in [2.24, 2.45) is 0 Å². The Morgan fingerprint density at radius 2 is 2.00 bits per heavy atom. The molecule has 2 rings (SSSR count). The molecule has 5 nitrogen and oxygen atoms in total. The topological polar surface area (TPSA) is 67.8 Å². The average Bonchev–Trinajstić information content (AvgIpc) is 3.08. The molecule has 6 heteroatoms. The van der Waals surface area contributed by atoms with Crippen molar-refractivity contribution < 1.29 is 19.4 Å². The number of carbonyl (C=O) groups is 1. The third-order valence-corrected chi connectivity index (χ3v) is 3.80. The molecule has 22 heavy (non-hydrogen) atoms. The van der Waals surface area contributed by atoms with Gasteiger partial charge in [0.25, 0.3) is 5.91 Å². The minimum Gasteiger partial charge on any atom is -0.497 e. The van der Waals surface area contributed by atoms with Crippen molar-refractivity contribution in [3.05, 3.63) is 46.7 Å². The van der Waals surface area contributed by atoms with Crippen LogP contribution in [-0.2, 0) is 4.79 Å². The number of aliphatic hydroxyl groups excluding tert-OH is 1. The van der Waals surface area contributed by atoms with Crippen molar-refractivity contribution in [1.29, 1.82) is 0 Å². The molecule has 0 fully saturated rings. The van der Waals surface area contributed by atoms with E-state index in [1.165, 1.54) is 11.3 Å². The Morgan fingerprint density at radius 3 is 2.64 bits per heavy atom. The lowest BCUT2D eigenvalue weighted by molar-refractivity contribution is -0.123. The van der Waals surface area contributed by atoms with Crippen LogP contribution >= 0.6 is 11.3 Å². The van der Waals surface area contributed by atoms with Crippen LogP contribution in [0, 0.1) is 0 Å². The number of nitrogens with one attached hydrogen (secondary N) is 1. The van der Waals surface area contributed by atoms with Crippen LogP contribution in [0.15, 0.2) is 41.1 Å². The molecule has 0 spiro atoms. The highest BCUT2D eigenvalue weighted by Gasteiger charge is 2.09. The summed E-state index contributed by atoms with van der Waals surface area (Å²) < 4.78 is 10.4. The summed E-state index contributed by atoms with van der Waals surface area (Å²) >= 11 is 1.54. The van der Waals surface area contributed by atoms with Crippen LogP contribution in [0.4, 0.5) is 0 Å². The van der Waals surface area contributed by atoms with Crippen LogP contribution in [0.2, 0.25) is 0 Å². The molecular formula is C16H19NO4S. The minimum atomic E-state index is -0.547. The fraction of sp³-hybridized carbons (Fsp3) is 0.312. The van der Waals surface area contributed by atoms with Gasteiger partial charge < -0.3 is 19.9 Å². The van der Waals surface area contributed by atoms with E-state index in [2.05, 4.69) is 5.32 Å². The summed E-state index contributed by atoms with van der Waals surface area (Å²) in [5.41, 5.74) is 0.883. The van der Waals surface area contributed by atoms with Gasteiger partial charge in [-0.05, 0) is 53.1 Å². The molecule has 1 aromatic heterocycles. The number of ether oxygens (including phenoxy) is 2. The van der Waals surface area contributed by atoms with E-state index >= 15 is 0 Å². The van der Waals surface area contributed by atoms with Crippen molar-refractivity contribution >= 4 is 17.2 Å². The number of rotatable bonds is 8. The van der Waals surface area contributed by atoms with Crippen molar-refractivity contribution in [2.45, 2.75) is 12.5 Å². The second-order valence-corrected chi connectivity index (χ2v) is 5.46. The number of aliphatic hydroxyl groups is 1. The molecule has 0 bridgehead atoms. The molecular weight excluding hydrogens is 302 g/mol. The smallest absolute Gasteiger partial charge is 0.257 e. The Balaban J connectivity index is 1.65. The van der Waals surface area contributed by atoms with Gasteiger partial charge in [-0.15, -0.1) is 0 Å². The van der Waals surface area contributed by atoms with E-state index in [9.17, 15) is 9.90 Å². The second kappa shape index (κ2) is 8.41. The average molecular weight is 321 g/mol. The standard InChI is InChI=1S/C16H19NO4S/c1-20-13-2-4-14(5-3-13)21-10-16(19)17-8-6-15(18)12-7-9-22-11-12/h2-5,7,9,11,15,18H,6,8,10H2,1H3,(H,17,19). The van der Waals surface area contributed by atoms with Gasteiger partial charge in [-0.25, -0.2) is 0 Å². The van der Waals surface area contributed by atoms with E-state index in [0.717, 1.165) is 11.3 Å². The molecule has 2 N–H and O–H groups in total. The van der Waals surface area contributed by atoms with Crippen LogP contribution in [0.1, 0.15) is 18.1 Å². The quantitative estimate of drug-likeness (QED) is 0.783. The van der Waals surface area contributed by atoms with Crippen LogP contribution in [-0.4, -0.2) is 31.3 Å². The Hall–Kier alpha value is -2.05. The van der Waals surface area contributed by atoms with Crippen molar-refractivity contribution in [2.75, 3.05) is 20.3 Å². The molecule has 0 aliphatic heterocycles. The first-order valence-electron chi connectivity index (χ1n) is 6.92. The monoisotopic (exact) mass is 321 g/mol. The largest absolute Gasteiger partial charge is 0.497 e. The number of hydrogen-bond donors (Lipinski definition) is 2. The normalized spacial score (nSPS) is 11.7. The molecule has 1 atom stereocenters. The SMILES string of the molecule is COc1ccc(OCC(=O)NCCC(O)c2ccsc2)cc1. The molecule has 1 unspecified atom stereocenters. The van der Waals surface area contributed by atoms with Gasteiger partial charge in [0.15, 0.2) is 6.61 Å². The summed E-state index contributed by atoms with van der Waals surface area (Å²) in [4.78, 5) is 11.7. The minimum absolute atomic E-state index is 0.0547. The maximum absolute atomic E-state index is 11.7. The zero-order valence-corrected chi connectivity index (χ0v) is 13.1. The van der Waals surface area contributed by atoms with Crippen LogP contribution in [0.25, 0.3) is 0 Å². The van der Waals surface area contributed by atoms with Gasteiger partial charge >= 0.3 is 0 Å². The Labute approximate surface area is 133 Å². The van der Waals surface area contributed by atoms with Gasteiger partial charge in [-0.1, -0.05) is 0 Å². The van der Waals surface area contributed by atoms with E-state index in [-0.39, 0.29) is 12.5 Å². The first kappa shape index (κ1) is 16.3. The first-order valence-corrected chi connectivity index (χ1v) is 7.87. The van der Waals surface area contributed by atoms with Crippen molar-refractivity contribution in [3.8, 4) is 11.5 Å². The Bertz CT molecular complexity index is 568. The van der Waals surface area contributed by atoms with Gasteiger partial charge in [-0.2, -0.15) is 11.3 Å². The maximum atomic E-state index is 11.7. The van der Waals surface area contributed by atoms with Gasteiger partial charge in [0, 0.05) is 6.54 Å². The molecule has 0 saturated carbocycles. The number of methoxy groups -OCH3 is 1. The number of thiophene rings is 1. The highest BCUT2D eigenvalue weighted by Crippen LogP contribution is 2.18. The molecule has 1 amide bonds. The maximum Gasteiger partial charge on any atom is 0.257 e. The summed E-state index contributed by atoms with van der Waals surface area (Å²) in [7, 11) is 1.59. The lowest BCUT2D eigenvalue weighted by atomic mass is 10.1. The highest BCUT2D eigenvalue weighted by molar-refractivity contribution is 7.07. The lowest BCUT2D eigenvalue weighted by Gasteiger charge is -2.10. The van der Waals surface area contributed by atoms with E-state index in [1.807, 2.05) is 16.8 Å². The summed E-state index contributed by atoms with van der Waals surface area (Å²) in [6.45, 7) is 0.350. The molecule has 0 aliphatic carbocycles. The molecule has 0 saturated heterocycles. The molecule has 0 aliphatic rings. The molecule has 0 radical (unpaired) electrons. The predicted octanol–water partition coefficient (Wildman–Crippen LogP) is 2.38. The fourth-order valence-corrected chi connectivity index (χ4v) is 2.56. The number of amides is 1. The summed E-state index contributed by atoms with van der Waals surface area (Å²) in [6.07, 6.45) is -0.0700. The lowest BCUT2D eigenvalue weighted by Crippen LogP contribution is -2.30. The number of carbonyl (C=O) groups excluding carboxylic acids is 1. The molecule has 1 heterocycles. The third kappa shape index (κ3) is 5.05. The van der Waals surface area contributed by atoms with E-state index in [0.29, 0.717) is 18.7 Å². The van der Waals surface area contributed by atoms with Gasteiger partial charge in [0.1, 0.15) is 11.5 Å². The van der Waals surface area contributed by atoms with Crippen LogP contribution in [0.3, 0.4) is 0 Å². The van der Waals surface area contributed by atoms with E-state index in [1.54, 1.807) is 31.4 Å². The Kier molecular flexibility index (Phi) is 6.24. The first-order chi connectivity index (χ1) is 10.7. The summed E-state index contributed by atoms with van der Waals surface area (Å²) in [5, 5.41) is 16.4. The zero-order chi connectivity index (χ0) is 15.8. The highest BCUT2D eigenvalue weighted by atomic mass is 32.1. The van der Waals surface area contributed by atoms with Gasteiger partial charge in [0.05, 0.1) is 13.2 Å². The number of benzene rings is 1. The Morgan fingerprint density at radius 1 is 1.27 bits per heavy atom. The number of hydrogen-bond acceptors (Lipinski definition) is 5. The van der Waals surface area contributed by atoms with E-state index < -0.39 is 6.10 Å². The summed E-state index contributed by atoms with van der Waals surface area (Å²) in [6, 6.07) is 8.90. The fourth-order valence-electron chi connectivity index (χ4n) is 1.85. The molecule has 118 valence electrons. The third-order valence-electron chi connectivity index (χ3n) is 3.10. The molecule has 1 aromatic carbocycles.